The molecule has 1 aliphatic heterocycles. The van der Waals surface area contributed by atoms with E-state index in [4.69, 9.17) is 11.6 Å². The number of nitrogens with zero attached hydrogens (tertiary/aromatic N) is 1. The van der Waals surface area contributed by atoms with Crippen molar-refractivity contribution in [3.63, 3.8) is 0 Å². The Morgan fingerprint density at radius 3 is 3.14 bits per heavy atom. The first-order valence-corrected chi connectivity index (χ1v) is 5.35. The van der Waals surface area contributed by atoms with E-state index in [2.05, 4.69) is 9.72 Å². The molecule has 14 heavy (non-hydrogen) atoms. The average Bonchev–Trinajstić information content (AvgIpc) is 2.62. The number of aromatic nitrogens is 1. The van der Waals surface area contributed by atoms with Gasteiger partial charge in [0.15, 0.2) is 0 Å². The summed E-state index contributed by atoms with van der Waals surface area (Å²) in [4.78, 5) is 16.2. The Morgan fingerprint density at radius 1 is 1.71 bits per heavy atom. The highest BCUT2D eigenvalue weighted by atomic mass is 35.5. The molecule has 1 atom stereocenters. The maximum Gasteiger partial charge on any atom is 0.319 e. The van der Waals surface area contributed by atoms with Crippen molar-refractivity contribution >= 4 is 29.3 Å². The Morgan fingerprint density at radius 2 is 2.50 bits per heavy atom. The summed E-state index contributed by atoms with van der Waals surface area (Å²) in [6, 6.07) is 0. The number of ether oxygens (including phenoxy) is 1. The smallest absolute Gasteiger partial charge is 0.319 e. The minimum Gasteiger partial charge on any atom is -0.468 e. The summed E-state index contributed by atoms with van der Waals surface area (Å²) in [5.41, 5.74) is 1.00. The molecule has 3 nitrogen and oxygen atoms in total. The fourth-order valence-corrected chi connectivity index (χ4v) is 2.88. The van der Waals surface area contributed by atoms with Crippen molar-refractivity contribution in [1.29, 1.82) is 0 Å². The first kappa shape index (κ1) is 9.80. The number of pyridine rings is 1. The molecule has 1 aliphatic rings. The molecule has 0 saturated carbocycles. The van der Waals surface area contributed by atoms with Gasteiger partial charge in [-0.15, -0.1) is 11.8 Å². The van der Waals surface area contributed by atoms with Crippen LogP contribution in [0.2, 0.25) is 5.02 Å². The zero-order valence-corrected chi connectivity index (χ0v) is 9.06. The van der Waals surface area contributed by atoms with Crippen molar-refractivity contribution in [2.24, 2.45) is 0 Å². The second kappa shape index (κ2) is 3.79. The van der Waals surface area contributed by atoms with Gasteiger partial charge in [-0.25, -0.2) is 0 Å². The van der Waals surface area contributed by atoms with Gasteiger partial charge in [-0.1, -0.05) is 11.6 Å². The summed E-state index contributed by atoms with van der Waals surface area (Å²) < 4.78 is 4.68. The van der Waals surface area contributed by atoms with Crippen LogP contribution in [0, 0.1) is 0 Å². The largest absolute Gasteiger partial charge is 0.468 e. The summed E-state index contributed by atoms with van der Waals surface area (Å²) in [5, 5.41) is 0.457. The zero-order valence-electron chi connectivity index (χ0n) is 7.49. The molecule has 0 spiro atoms. The minimum atomic E-state index is -0.206. The number of thioether (sulfide) groups is 1. The maximum absolute atomic E-state index is 11.3. The van der Waals surface area contributed by atoms with Crippen LogP contribution in [0.4, 0.5) is 0 Å². The lowest BCUT2D eigenvalue weighted by molar-refractivity contribution is -0.139. The van der Waals surface area contributed by atoms with Gasteiger partial charge in [-0.05, 0) is 12.0 Å². The van der Waals surface area contributed by atoms with Gasteiger partial charge in [0.05, 0.1) is 12.1 Å². The van der Waals surface area contributed by atoms with Gasteiger partial charge in [0.1, 0.15) is 5.25 Å². The number of hydrogen-bond donors (Lipinski definition) is 0. The predicted molar refractivity (Wildman–Crippen MR) is 54.6 cm³/mol. The van der Waals surface area contributed by atoms with Crippen LogP contribution in [-0.2, 0) is 16.0 Å². The van der Waals surface area contributed by atoms with E-state index >= 15 is 0 Å². The molecule has 5 heteroatoms. The highest BCUT2D eigenvalue weighted by Crippen LogP contribution is 2.39. The summed E-state index contributed by atoms with van der Waals surface area (Å²) >= 11 is 7.42. The fraction of sp³-hybridized carbons (Fsp3) is 0.333. The van der Waals surface area contributed by atoms with Crippen molar-refractivity contribution < 1.29 is 9.53 Å². The van der Waals surface area contributed by atoms with Gasteiger partial charge in [0, 0.05) is 17.3 Å². The topological polar surface area (TPSA) is 39.2 Å². The molecule has 0 aliphatic carbocycles. The molecule has 2 heterocycles. The number of rotatable bonds is 1. The van der Waals surface area contributed by atoms with E-state index < -0.39 is 0 Å². The molecule has 2 rings (SSSR count). The molecule has 0 aromatic carbocycles. The molecular weight excluding hydrogens is 222 g/mol. The summed E-state index contributed by atoms with van der Waals surface area (Å²) in [6.45, 7) is 0. The second-order valence-electron chi connectivity index (χ2n) is 2.93. The second-order valence-corrected chi connectivity index (χ2v) is 4.58. The highest BCUT2D eigenvalue weighted by Gasteiger charge is 2.30. The molecular formula is C9H8ClNO2S. The van der Waals surface area contributed by atoms with E-state index in [-0.39, 0.29) is 11.2 Å². The first-order valence-electron chi connectivity index (χ1n) is 4.09. The van der Waals surface area contributed by atoms with Crippen LogP contribution in [0.25, 0.3) is 0 Å². The Kier molecular flexibility index (Phi) is 2.65. The van der Waals surface area contributed by atoms with Crippen LogP contribution in [-0.4, -0.2) is 23.3 Å². The van der Waals surface area contributed by atoms with Crippen LogP contribution in [0.5, 0.6) is 0 Å². The number of fused-ring (bicyclic) bond motifs is 1. The summed E-state index contributed by atoms with van der Waals surface area (Å²) in [7, 11) is 1.39. The van der Waals surface area contributed by atoms with Crippen LogP contribution in [0.1, 0.15) is 5.56 Å². The number of carbonyl (C=O) groups is 1. The van der Waals surface area contributed by atoms with Crippen molar-refractivity contribution in [3.05, 3.63) is 23.0 Å². The number of esters is 1. The molecule has 0 bridgehead atoms. The molecule has 0 saturated heterocycles. The lowest BCUT2D eigenvalue weighted by atomic mass is 10.1. The third-order valence-corrected chi connectivity index (χ3v) is 3.66. The van der Waals surface area contributed by atoms with Gasteiger partial charge in [0.25, 0.3) is 0 Å². The number of carbonyl (C=O) groups excluding carboxylic acids is 1. The number of halogens is 1. The molecule has 1 aromatic rings. The van der Waals surface area contributed by atoms with Gasteiger partial charge >= 0.3 is 5.97 Å². The van der Waals surface area contributed by atoms with Gasteiger partial charge in [-0.3, -0.25) is 9.78 Å². The average molecular weight is 230 g/mol. The molecule has 0 amide bonds. The SMILES string of the molecule is COC(=O)C1Cc2c(Cl)cncc2S1. The third kappa shape index (κ3) is 1.60. The lowest BCUT2D eigenvalue weighted by Crippen LogP contribution is -2.17. The number of methoxy groups -OCH3 is 1. The van der Waals surface area contributed by atoms with Crippen molar-refractivity contribution in [1.82, 2.24) is 4.98 Å². The quantitative estimate of drug-likeness (QED) is 0.690. The maximum atomic E-state index is 11.3. The van der Waals surface area contributed by atoms with E-state index in [9.17, 15) is 4.79 Å². The molecule has 0 N–H and O–H groups in total. The molecule has 1 aromatic heterocycles. The molecule has 1 unspecified atom stereocenters. The van der Waals surface area contributed by atoms with Gasteiger partial charge in [-0.2, -0.15) is 0 Å². The number of hydrogen-bond acceptors (Lipinski definition) is 4. The van der Waals surface area contributed by atoms with E-state index in [0.717, 1.165) is 10.5 Å². The summed E-state index contributed by atoms with van der Waals surface area (Å²) in [5.74, 6) is -0.206. The van der Waals surface area contributed by atoms with E-state index in [1.54, 1.807) is 12.4 Å². The standard InChI is InChI=1S/C9H8ClNO2S/c1-13-9(12)7-2-5-6(10)3-11-4-8(5)14-7/h3-4,7H,2H2,1H3. The van der Waals surface area contributed by atoms with Crippen LogP contribution in [0.3, 0.4) is 0 Å². The van der Waals surface area contributed by atoms with Crippen LogP contribution < -0.4 is 0 Å². The monoisotopic (exact) mass is 229 g/mol. The third-order valence-electron chi connectivity index (χ3n) is 2.09. The minimum absolute atomic E-state index is 0.170. The molecule has 74 valence electrons. The van der Waals surface area contributed by atoms with Gasteiger partial charge in [0.2, 0.25) is 0 Å². The van der Waals surface area contributed by atoms with E-state index in [0.29, 0.717) is 11.4 Å². The lowest BCUT2D eigenvalue weighted by Gasteiger charge is -2.03. The van der Waals surface area contributed by atoms with E-state index in [1.165, 1.54) is 18.9 Å². The Labute approximate surface area is 90.8 Å². The first-order chi connectivity index (χ1) is 6.72. The predicted octanol–water partition coefficient (Wildman–Crippen LogP) is 1.92. The van der Waals surface area contributed by atoms with Crippen molar-refractivity contribution in [2.45, 2.75) is 16.6 Å². The van der Waals surface area contributed by atoms with Crippen LogP contribution >= 0.6 is 23.4 Å². The Balaban J connectivity index is 2.26. The Hall–Kier alpha value is -0.740. The highest BCUT2D eigenvalue weighted by molar-refractivity contribution is 8.01. The molecule has 0 fully saturated rings. The van der Waals surface area contributed by atoms with Crippen molar-refractivity contribution in [3.8, 4) is 0 Å². The van der Waals surface area contributed by atoms with Crippen molar-refractivity contribution in [2.75, 3.05) is 7.11 Å². The zero-order chi connectivity index (χ0) is 10.1. The molecule has 0 radical (unpaired) electrons. The van der Waals surface area contributed by atoms with Gasteiger partial charge < -0.3 is 4.74 Å². The Bertz CT molecular complexity index is 383. The fourth-order valence-electron chi connectivity index (χ4n) is 1.39. The van der Waals surface area contributed by atoms with Crippen LogP contribution in [0.15, 0.2) is 17.3 Å². The normalized spacial score (nSPS) is 19.1. The van der Waals surface area contributed by atoms with E-state index in [1.807, 2.05) is 0 Å². The summed E-state index contributed by atoms with van der Waals surface area (Å²) in [6.07, 6.45) is 3.96.